The predicted molar refractivity (Wildman–Crippen MR) is 149 cm³/mol. The lowest BCUT2D eigenvalue weighted by molar-refractivity contribution is -0.140. The van der Waals surface area contributed by atoms with E-state index in [1.54, 1.807) is 31.2 Å². The van der Waals surface area contributed by atoms with E-state index in [1.807, 2.05) is 41.5 Å². The van der Waals surface area contributed by atoms with Gasteiger partial charge in [-0.05, 0) is 56.2 Å². The van der Waals surface area contributed by atoms with Crippen LogP contribution in [0.2, 0.25) is 0 Å². The molecule has 3 amide bonds. The van der Waals surface area contributed by atoms with Gasteiger partial charge in [-0.1, -0.05) is 54.0 Å². The van der Waals surface area contributed by atoms with E-state index in [0.29, 0.717) is 29.2 Å². The Labute approximate surface area is 227 Å². The molecule has 1 unspecified atom stereocenters. The summed E-state index contributed by atoms with van der Waals surface area (Å²) in [6, 6.07) is 6.77. The quantitative estimate of drug-likeness (QED) is 0.174. The third-order valence-corrected chi connectivity index (χ3v) is 8.99. The summed E-state index contributed by atoms with van der Waals surface area (Å²) in [5, 5.41) is 17.7. The molecular weight excluding hydrogens is 508 g/mol. The number of ketones is 1. The molecule has 1 heterocycles. The number of rotatable bonds is 15. The standard InChI is InChI=1S/C27H38N4O4S2/c1-4-29-27(35)25(33)22(16-19-9-11-20(17-28)12-10-19)31-26(34)23(15-18(2)3)30-24(32)8-6-5-7-21-13-14-36-37-21/h9-12,18,21-23H,4-8,13-16H2,1-3H3,(H,29,35)(H,30,32)(H,31,34)/t21?,22-,23-/m0/s1. The highest BCUT2D eigenvalue weighted by Crippen LogP contribution is 2.39. The molecule has 1 saturated heterocycles. The van der Waals surface area contributed by atoms with Crippen molar-refractivity contribution < 1.29 is 19.2 Å². The van der Waals surface area contributed by atoms with E-state index < -0.39 is 29.7 Å². The molecule has 37 heavy (non-hydrogen) atoms. The van der Waals surface area contributed by atoms with Gasteiger partial charge in [0, 0.05) is 30.4 Å². The Balaban J connectivity index is 2.03. The van der Waals surface area contributed by atoms with E-state index in [1.165, 1.54) is 12.2 Å². The van der Waals surface area contributed by atoms with Crippen molar-refractivity contribution in [3.63, 3.8) is 0 Å². The van der Waals surface area contributed by atoms with Crippen LogP contribution >= 0.6 is 21.6 Å². The highest BCUT2D eigenvalue weighted by Gasteiger charge is 2.30. The zero-order valence-corrected chi connectivity index (χ0v) is 23.5. The number of nitrogens with zero attached hydrogens (tertiary/aromatic N) is 1. The first-order valence-electron chi connectivity index (χ1n) is 12.9. The molecule has 0 aliphatic carbocycles. The van der Waals surface area contributed by atoms with Crippen LogP contribution in [0.1, 0.15) is 70.4 Å². The maximum atomic E-state index is 13.2. The van der Waals surface area contributed by atoms with E-state index in [9.17, 15) is 19.2 Å². The number of Topliss-reactive ketones (excluding diaryl/α,β-unsaturated/α-hetero) is 1. The molecule has 1 aromatic rings. The van der Waals surface area contributed by atoms with Gasteiger partial charge in [-0.2, -0.15) is 5.26 Å². The van der Waals surface area contributed by atoms with Crippen molar-refractivity contribution in [3.05, 3.63) is 35.4 Å². The molecule has 10 heteroatoms. The minimum absolute atomic E-state index is 0.0905. The summed E-state index contributed by atoms with van der Waals surface area (Å²) in [6.07, 6.45) is 4.90. The molecule has 0 saturated carbocycles. The number of likely N-dealkylation sites (N-methyl/N-ethyl adjacent to an activating group) is 1. The van der Waals surface area contributed by atoms with Crippen LogP contribution in [0.3, 0.4) is 0 Å². The molecule has 1 aromatic carbocycles. The Morgan fingerprint density at radius 2 is 1.81 bits per heavy atom. The van der Waals surface area contributed by atoms with Crippen LogP contribution in [0.5, 0.6) is 0 Å². The summed E-state index contributed by atoms with van der Waals surface area (Å²) >= 11 is 0. The number of carbonyl (C=O) groups excluding carboxylic acids is 4. The number of carbonyl (C=O) groups is 4. The Morgan fingerprint density at radius 3 is 2.41 bits per heavy atom. The van der Waals surface area contributed by atoms with Gasteiger partial charge in [-0.15, -0.1) is 0 Å². The number of hydrogen-bond donors (Lipinski definition) is 3. The van der Waals surface area contributed by atoms with Crippen molar-refractivity contribution in [2.45, 2.75) is 83.1 Å². The lowest BCUT2D eigenvalue weighted by Gasteiger charge is -2.24. The van der Waals surface area contributed by atoms with Gasteiger partial charge in [-0.3, -0.25) is 19.2 Å². The van der Waals surface area contributed by atoms with Crippen LogP contribution in [0, 0.1) is 17.2 Å². The minimum Gasteiger partial charge on any atom is -0.350 e. The maximum absolute atomic E-state index is 13.2. The fourth-order valence-electron chi connectivity index (χ4n) is 4.03. The third kappa shape index (κ3) is 11.2. The Bertz CT molecular complexity index is 956. The molecule has 1 aliphatic heterocycles. The first-order chi connectivity index (χ1) is 17.7. The first-order valence-corrected chi connectivity index (χ1v) is 15.3. The number of hydrogen-bond acceptors (Lipinski definition) is 7. The monoisotopic (exact) mass is 546 g/mol. The Kier molecular flexibility index (Phi) is 13.6. The van der Waals surface area contributed by atoms with E-state index >= 15 is 0 Å². The van der Waals surface area contributed by atoms with E-state index in [0.717, 1.165) is 19.3 Å². The number of nitriles is 1. The van der Waals surface area contributed by atoms with Crippen LogP contribution in [-0.4, -0.2) is 53.1 Å². The second-order valence-corrected chi connectivity index (χ2v) is 12.4. The van der Waals surface area contributed by atoms with Crippen LogP contribution in [-0.2, 0) is 25.6 Å². The second kappa shape index (κ2) is 16.4. The summed E-state index contributed by atoms with van der Waals surface area (Å²) in [4.78, 5) is 51.1. The van der Waals surface area contributed by atoms with Crippen molar-refractivity contribution in [1.82, 2.24) is 16.0 Å². The fraction of sp³-hybridized carbons (Fsp3) is 0.593. The molecule has 0 aromatic heterocycles. The Hall–Kier alpha value is -2.51. The van der Waals surface area contributed by atoms with E-state index in [-0.39, 0.29) is 24.8 Å². The van der Waals surface area contributed by atoms with Gasteiger partial charge in [0.15, 0.2) is 0 Å². The summed E-state index contributed by atoms with van der Waals surface area (Å²) < 4.78 is 0. The lowest BCUT2D eigenvalue weighted by Crippen LogP contribution is -2.54. The first kappa shape index (κ1) is 30.7. The van der Waals surface area contributed by atoms with Gasteiger partial charge in [0.05, 0.1) is 11.6 Å². The molecule has 0 radical (unpaired) electrons. The Morgan fingerprint density at radius 1 is 1.08 bits per heavy atom. The number of unbranched alkanes of at least 4 members (excludes halogenated alkanes) is 1. The average Bonchev–Trinajstić information content (AvgIpc) is 3.39. The summed E-state index contributed by atoms with van der Waals surface area (Å²) in [6.45, 7) is 5.90. The van der Waals surface area contributed by atoms with Crippen LogP contribution in [0.15, 0.2) is 24.3 Å². The molecule has 3 N–H and O–H groups in total. The van der Waals surface area contributed by atoms with Gasteiger partial charge in [-0.25, -0.2) is 0 Å². The van der Waals surface area contributed by atoms with Crippen molar-refractivity contribution in [2.24, 2.45) is 5.92 Å². The van der Waals surface area contributed by atoms with Gasteiger partial charge in [0.1, 0.15) is 12.1 Å². The summed E-state index contributed by atoms with van der Waals surface area (Å²) in [7, 11) is 3.84. The molecule has 202 valence electrons. The molecular formula is C27H38N4O4S2. The van der Waals surface area contributed by atoms with Gasteiger partial charge in [0.25, 0.3) is 5.91 Å². The fourth-order valence-corrected chi connectivity index (χ4v) is 7.06. The van der Waals surface area contributed by atoms with Crippen molar-refractivity contribution >= 4 is 45.1 Å². The number of nitrogens with one attached hydrogen (secondary N) is 3. The van der Waals surface area contributed by atoms with Crippen molar-refractivity contribution in [1.29, 1.82) is 5.26 Å². The topological polar surface area (TPSA) is 128 Å². The molecule has 3 atom stereocenters. The van der Waals surface area contributed by atoms with E-state index in [2.05, 4.69) is 16.0 Å². The summed E-state index contributed by atoms with van der Waals surface area (Å²) in [5.41, 5.74) is 1.17. The van der Waals surface area contributed by atoms with Crippen LogP contribution in [0.25, 0.3) is 0 Å². The second-order valence-electron chi connectivity index (χ2n) is 9.62. The molecule has 1 aliphatic rings. The van der Waals surface area contributed by atoms with Crippen LogP contribution in [0.4, 0.5) is 0 Å². The third-order valence-electron chi connectivity index (χ3n) is 5.98. The molecule has 2 rings (SSSR count). The predicted octanol–water partition coefficient (Wildman–Crippen LogP) is 3.54. The lowest BCUT2D eigenvalue weighted by atomic mass is 9.98. The molecule has 0 spiro atoms. The largest absolute Gasteiger partial charge is 0.350 e. The van der Waals surface area contributed by atoms with Gasteiger partial charge >= 0.3 is 0 Å². The molecule has 1 fully saturated rings. The van der Waals surface area contributed by atoms with E-state index in [4.69, 9.17) is 5.26 Å². The number of benzene rings is 1. The average molecular weight is 547 g/mol. The highest BCUT2D eigenvalue weighted by molar-refractivity contribution is 8.77. The van der Waals surface area contributed by atoms with Crippen molar-refractivity contribution in [2.75, 3.05) is 12.3 Å². The van der Waals surface area contributed by atoms with Crippen LogP contribution < -0.4 is 16.0 Å². The minimum atomic E-state index is -1.10. The molecule has 0 bridgehead atoms. The van der Waals surface area contributed by atoms with Gasteiger partial charge in [0.2, 0.25) is 17.6 Å². The number of amides is 3. The molecule has 8 nitrogen and oxygen atoms in total. The maximum Gasteiger partial charge on any atom is 0.289 e. The summed E-state index contributed by atoms with van der Waals surface area (Å²) in [5.74, 6) is -0.882. The SMILES string of the molecule is CCNC(=O)C(=O)[C@H](Cc1ccc(C#N)cc1)NC(=O)[C@H](CC(C)C)NC(=O)CCCCC1CCSS1. The van der Waals surface area contributed by atoms with Gasteiger partial charge < -0.3 is 16.0 Å². The normalized spacial score (nSPS) is 16.5. The zero-order chi connectivity index (χ0) is 27.2. The van der Waals surface area contributed by atoms with Crippen molar-refractivity contribution in [3.8, 4) is 6.07 Å². The zero-order valence-electron chi connectivity index (χ0n) is 21.9. The smallest absolute Gasteiger partial charge is 0.289 e. The highest BCUT2D eigenvalue weighted by atomic mass is 33.1.